The second-order valence-electron chi connectivity index (χ2n) is 3.84. The van der Waals surface area contributed by atoms with Gasteiger partial charge in [-0.05, 0) is 29.8 Å². The molecule has 1 atom stereocenters. The highest BCUT2D eigenvalue weighted by molar-refractivity contribution is 7.85. The molecular formula is C13H14O6S2. The van der Waals surface area contributed by atoms with E-state index < -0.39 is 21.2 Å². The van der Waals surface area contributed by atoms with Crippen LogP contribution in [0.2, 0.25) is 0 Å². The number of aliphatic hydroxyl groups is 1. The summed E-state index contributed by atoms with van der Waals surface area (Å²) >= 11 is -2.14. The van der Waals surface area contributed by atoms with E-state index in [9.17, 15) is 12.6 Å². The molecule has 2 aromatic carbocycles. The molecule has 0 aromatic heterocycles. The van der Waals surface area contributed by atoms with Gasteiger partial charge in [-0.1, -0.05) is 30.3 Å². The van der Waals surface area contributed by atoms with Crippen LogP contribution in [-0.2, 0) is 27.8 Å². The molecule has 0 radical (unpaired) electrons. The number of hydrogen-bond donors (Lipinski definition) is 3. The topological polar surface area (TPSA) is 112 Å². The van der Waals surface area contributed by atoms with E-state index in [-0.39, 0.29) is 16.4 Å². The summed E-state index contributed by atoms with van der Waals surface area (Å²) in [4.78, 5) is -0.228. The van der Waals surface area contributed by atoms with Crippen molar-refractivity contribution in [1.29, 1.82) is 0 Å². The summed E-state index contributed by atoms with van der Waals surface area (Å²) in [6.07, 6.45) is 0. The van der Waals surface area contributed by atoms with E-state index in [2.05, 4.69) is 0 Å². The molecule has 114 valence electrons. The van der Waals surface area contributed by atoms with Crippen molar-refractivity contribution in [2.24, 2.45) is 0 Å². The molecule has 2 aromatic rings. The van der Waals surface area contributed by atoms with Gasteiger partial charge in [-0.15, -0.1) is 0 Å². The molecular weight excluding hydrogens is 316 g/mol. The van der Waals surface area contributed by atoms with E-state index in [1.165, 1.54) is 0 Å². The van der Waals surface area contributed by atoms with E-state index in [1.807, 2.05) is 30.3 Å². The van der Waals surface area contributed by atoms with Gasteiger partial charge in [0, 0.05) is 0 Å². The monoisotopic (exact) mass is 330 g/mol. The highest BCUT2D eigenvalue weighted by atomic mass is 32.2. The van der Waals surface area contributed by atoms with Crippen molar-refractivity contribution < 1.29 is 26.8 Å². The number of rotatable bonds is 3. The van der Waals surface area contributed by atoms with Crippen molar-refractivity contribution >= 4 is 21.2 Å². The molecule has 0 fully saturated rings. The van der Waals surface area contributed by atoms with Crippen molar-refractivity contribution in [3.05, 3.63) is 60.2 Å². The summed E-state index contributed by atoms with van der Waals surface area (Å²) < 4.78 is 48.7. The van der Waals surface area contributed by atoms with Crippen LogP contribution in [0.1, 0.15) is 5.56 Å². The van der Waals surface area contributed by atoms with Crippen molar-refractivity contribution in [2.45, 2.75) is 16.4 Å². The predicted molar refractivity (Wildman–Crippen MR) is 77.7 cm³/mol. The Morgan fingerprint density at radius 3 is 1.81 bits per heavy atom. The summed E-state index contributed by atoms with van der Waals surface area (Å²) in [6.45, 7) is 0.140. The van der Waals surface area contributed by atoms with E-state index in [1.54, 1.807) is 0 Å². The molecule has 0 amide bonds. The second-order valence-corrected chi connectivity index (χ2v) is 6.23. The Balaban J connectivity index is 0.000000235. The van der Waals surface area contributed by atoms with Crippen molar-refractivity contribution in [2.75, 3.05) is 0 Å². The quantitative estimate of drug-likeness (QED) is 0.583. The van der Waals surface area contributed by atoms with Crippen molar-refractivity contribution in [3.63, 3.8) is 0 Å². The van der Waals surface area contributed by atoms with Crippen LogP contribution in [0, 0.1) is 0 Å². The van der Waals surface area contributed by atoms with Crippen molar-refractivity contribution in [3.8, 4) is 0 Å². The fourth-order valence-electron chi connectivity index (χ4n) is 1.31. The molecule has 6 nitrogen and oxygen atoms in total. The third-order valence-corrected chi connectivity index (χ3v) is 3.89. The first-order valence-electron chi connectivity index (χ1n) is 5.68. The Kier molecular flexibility index (Phi) is 6.66. The van der Waals surface area contributed by atoms with Crippen LogP contribution in [0.3, 0.4) is 0 Å². The largest absolute Gasteiger partial charge is 0.392 e. The highest BCUT2D eigenvalue weighted by Gasteiger charge is 2.09. The van der Waals surface area contributed by atoms with Gasteiger partial charge in [0.25, 0.3) is 10.1 Å². The van der Waals surface area contributed by atoms with Crippen LogP contribution >= 0.6 is 0 Å². The number of aliphatic hydroxyl groups excluding tert-OH is 1. The lowest BCUT2D eigenvalue weighted by molar-refractivity contribution is 0.282. The molecule has 21 heavy (non-hydrogen) atoms. The van der Waals surface area contributed by atoms with E-state index in [4.69, 9.17) is 14.2 Å². The molecule has 0 saturated carbocycles. The maximum atomic E-state index is 10.5. The molecule has 0 bridgehead atoms. The van der Waals surface area contributed by atoms with Crippen LogP contribution < -0.4 is 0 Å². The Morgan fingerprint density at radius 1 is 0.952 bits per heavy atom. The Morgan fingerprint density at radius 2 is 1.48 bits per heavy atom. The summed E-state index contributed by atoms with van der Waals surface area (Å²) in [5, 5.41) is 8.54. The minimum absolute atomic E-state index is 0.0763. The minimum atomic E-state index is -4.23. The molecule has 0 aliphatic carbocycles. The molecule has 0 aliphatic heterocycles. The Hall–Kier alpha value is -1.58. The SMILES string of the molecule is O=S(O)c1ccc(S(=O)(=O)O)cc1.OCc1ccccc1. The molecule has 1 unspecified atom stereocenters. The zero-order chi connectivity index (χ0) is 15.9. The van der Waals surface area contributed by atoms with Gasteiger partial charge in [0.1, 0.15) is 0 Å². The summed E-state index contributed by atoms with van der Waals surface area (Å²) in [7, 11) is -4.23. The van der Waals surface area contributed by atoms with Crippen LogP contribution in [0.25, 0.3) is 0 Å². The minimum Gasteiger partial charge on any atom is -0.392 e. The molecule has 0 saturated heterocycles. The molecule has 0 heterocycles. The Bertz CT molecular complexity index is 680. The summed E-state index contributed by atoms with van der Waals surface area (Å²) in [6, 6.07) is 13.9. The van der Waals surface area contributed by atoms with Crippen LogP contribution in [0.4, 0.5) is 0 Å². The van der Waals surface area contributed by atoms with Gasteiger partial charge >= 0.3 is 0 Å². The van der Waals surface area contributed by atoms with Crippen LogP contribution in [-0.4, -0.2) is 26.8 Å². The standard InChI is InChI=1S/C7H8O.C6H6O5S2/c8-6-7-4-2-1-3-5-7;7-12(8)5-1-3-6(4-2-5)13(9,10)11/h1-5,8H,6H2;1-4H,(H,7,8)(H,9,10,11). The fourth-order valence-corrected chi connectivity index (χ4v) is 2.16. The third-order valence-electron chi connectivity index (χ3n) is 2.35. The van der Waals surface area contributed by atoms with Gasteiger partial charge in [0.05, 0.1) is 16.4 Å². The molecule has 3 N–H and O–H groups in total. The normalized spacial score (nSPS) is 12.1. The van der Waals surface area contributed by atoms with Gasteiger partial charge in [-0.25, -0.2) is 4.21 Å². The van der Waals surface area contributed by atoms with Gasteiger partial charge < -0.3 is 9.66 Å². The average molecular weight is 330 g/mol. The molecule has 2 rings (SSSR count). The summed E-state index contributed by atoms with van der Waals surface area (Å²) in [5.74, 6) is 0. The first-order valence-corrected chi connectivity index (χ1v) is 8.22. The van der Waals surface area contributed by atoms with Gasteiger partial charge in [-0.2, -0.15) is 8.42 Å². The van der Waals surface area contributed by atoms with Gasteiger partial charge in [-0.3, -0.25) is 4.55 Å². The zero-order valence-corrected chi connectivity index (χ0v) is 12.4. The van der Waals surface area contributed by atoms with Crippen molar-refractivity contribution in [1.82, 2.24) is 0 Å². The first kappa shape index (κ1) is 17.5. The smallest absolute Gasteiger partial charge is 0.294 e. The lowest BCUT2D eigenvalue weighted by Gasteiger charge is -1.97. The molecule has 8 heteroatoms. The van der Waals surface area contributed by atoms with Gasteiger partial charge in [0.2, 0.25) is 0 Å². The Labute approximate surface area is 125 Å². The summed E-state index contributed by atoms with van der Waals surface area (Å²) in [5.41, 5.74) is 0.965. The van der Waals surface area contributed by atoms with E-state index in [0.29, 0.717) is 0 Å². The maximum Gasteiger partial charge on any atom is 0.294 e. The first-order chi connectivity index (χ1) is 9.84. The third kappa shape index (κ3) is 6.15. The highest BCUT2D eigenvalue weighted by Crippen LogP contribution is 2.11. The predicted octanol–water partition coefficient (Wildman–Crippen LogP) is 1.69. The molecule has 0 aliphatic rings. The van der Waals surface area contributed by atoms with E-state index in [0.717, 1.165) is 29.8 Å². The van der Waals surface area contributed by atoms with Crippen LogP contribution in [0.5, 0.6) is 0 Å². The number of benzene rings is 2. The van der Waals surface area contributed by atoms with Crippen LogP contribution in [0.15, 0.2) is 64.4 Å². The second kappa shape index (κ2) is 8.01. The lowest BCUT2D eigenvalue weighted by atomic mass is 10.2. The average Bonchev–Trinajstić information content (AvgIpc) is 2.48. The lowest BCUT2D eigenvalue weighted by Crippen LogP contribution is -1.98. The van der Waals surface area contributed by atoms with E-state index >= 15 is 0 Å². The number of hydrogen-bond acceptors (Lipinski definition) is 4. The zero-order valence-electron chi connectivity index (χ0n) is 10.8. The maximum absolute atomic E-state index is 10.5. The van der Waals surface area contributed by atoms with Gasteiger partial charge in [0.15, 0.2) is 11.1 Å². The fraction of sp³-hybridized carbons (Fsp3) is 0.0769. The molecule has 0 spiro atoms.